The fourth-order valence-corrected chi connectivity index (χ4v) is 4.08. The van der Waals surface area contributed by atoms with Gasteiger partial charge in [-0.15, -0.1) is 11.3 Å². The first-order chi connectivity index (χ1) is 12.0. The second-order valence-corrected chi connectivity index (χ2v) is 7.87. The first-order valence-corrected chi connectivity index (χ1v) is 9.69. The Morgan fingerprint density at radius 3 is 2.72 bits per heavy atom. The van der Waals surface area contributed by atoms with Gasteiger partial charge in [-0.25, -0.2) is 4.98 Å². The van der Waals surface area contributed by atoms with E-state index in [4.69, 9.17) is 11.6 Å². The van der Waals surface area contributed by atoms with E-state index in [1.54, 1.807) is 41.3 Å². The molecule has 0 aliphatic heterocycles. The van der Waals surface area contributed by atoms with Crippen LogP contribution in [0.4, 0.5) is 5.69 Å². The number of phenols is 1. The molecule has 25 heavy (non-hydrogen) atoms. The second kappa shape index (κ2) is 7.91. The maximum absolute atomic E-state index is 12.3. The zero-order chi connectivity index (χ0) is 17.8. The minimum atomic E-state index is -0.299. The van der Waals surface area contributed by atoms with Crippen LogP contribution in [0.2, 0.25) is 5.02 Å². The molecule has 1 amide bonds. The van der Waals surface area contributed by atoms with Gasteiger partial charge in [-0.05, 0) is 42.8 Å². The maximum atomic E-state index is 12.3. The molecule has 0 aliphatic carbocycles. The summed E-state index contributed by atoms with van der Waals surface area (Å²) in [7, 11) is 0. The zero-order valence-corrected chi connectivity index (χ0v) is 15.7. The van der Waals surface area contributed by atoms with Crippen LogP contribution in [0.3, 0.4) is 0 Å². The standard InChI is InChI=1S/C18H15ClN2O2S2/c1-11-9-24-18(20-11)25-10-12-2-4-13(5-3-12)17(23)21-15-8-14(19)6-7-16(15)22/h2-9,22H,10H2,1H3,(H,21,23). The van der Waals surface area contributed by atoms with Crippen LogP contribution in [0, 0.1) is 6.92 Å². The number of thiazole rings is 1. The molecule has 3 rings (SSSR count). The number of thioether (sulfide) groups is 1. The van der Waals surface area contributed by atoms with E-state index in [9.17, 15) is 9.90 Å². The van der Waals surface area contributed by atoms with Gasteiger partial charge < -0.3 is 10.4 Å². The summed E-state index contributed by atoms with van der Waals surface area (Å²) in [4.78, 5) is 16.7. The number of rotatable bonds is 5. The SMILES string of the molecule is Cc1csc(SCc2ccc(C(=O)Nc3cc(Cl)ccc3O)cc2)n1. The van der Waals surface area contributed by atoms with Gasteiger partial charge in [0.25, 0.3) is 5.91 Å². The molecule has 0 spiro atoms. The topological polar surface area (TPSA) is 62.2 Å². The van der Waals surface area contributed by atoms with Crippen LogP contribution >= 0.6 is 34.7 Å². The van der Waals surface area contributed by atoms with E-state index in [-0.39, 0.29) is 17.3 Å². The minimum Gasteiger partial charge on any atom is -0.506 e. The van der Waals surface area contributed by atoms with E-state index < -0.39 is 0 Å². The average Bonchev–Trinajstić information content (AvgIpc) is 3.02. The lowest BCUT2D eigenvalue weighted by atomic mass is 10.1. The first kappa shape index (κ1) is 17.8. The van der Waals surface area contributed by atoms with E-state index in [0.717, 1.165) is 21.3 Å². The molecular weight excluding hydrogens is 376 g/mol. The van der Waals surface area contributed by atoms with Crippen molar-refractivity contribution >= 4 is 46.3 Å². The molecule has 0 atom stereocenters. The summed E-state index contributed by atoms with van der Waals surface area (Å²) in [6.07, 6.45) is 0. The fraction of sp³-hybridized carbons (Fsp3) is 0.111. The van der Waals surface area contributed by atoms with Crippen molar-refractivity contribution in [1.29, 1.82) is 0 Å². The van der Waals surface area contributed by atoms with E-state index in [0.29, 0.717) is 10.6 Å². The first-order valence-electron chi connectivity index (χ1n) is 7.45. The molecule has 2 N–H and O–H groups in total. The molecule has 3 aromatic rings. The van der Waals surface area contributed by atoms with Crippen LogP contribution < -0.4 is 5.32 Å². The number of anilines is 1. The summed E-state index contributed by atoms with van der Waals surface area (Å²) < 4.78 is 1.04. The molecule has 1 aromatic heterocycles. The lowest BCUT2D eigenvalue weighted by Gasteiger charge is -2.08. The number of hydrogen-bond acceptors (Lipinski definition) is 5. The Morgan fingerprint density at radius 2 is 2.04 bits per heavy atom. The number of aryl methyl sites for hydroxylation is 1. The third kappa shape index (κ3) is 4.75. The highest BCUT2D eigenvalue weighted by Crippen LogP contribution is 2.28. The van der Waals surface area contributed by atoms with Crippen molar-refractivity contribution in [2.75, 3.05) is 5.32 Å². The highest BCUT2D eigenvalue weighted by Gasteiger charge is 2.10. The number of halogens is 1. The van der Waals surface area contributed by atoms with Gasteiger partial charge >= 0.3 is 0 Å². The smallest absolute Gasteiger partial charge is 0.255 e. The Bertz CT molecular complexity index is 894. The lowest BCUT2D eigenvalue weighted by Crippen LogP contribution is -2.11. The zero-order valence-electron chi connectivity index (χ0n) is 13.3. The average molecular weight is 391 g/mol. The van der Waals surface area contributed by atoms with Crippen LogP contribution in [0.1, 0.15) is 21.6 Å². The van der Waals surface area contributed by atoms with Gasteiger partial charge in [-0.1, -0.05) is 35.5 Å². The number of aromatic hydroxyl groups is 1. The Hall–Kier alpha value is -2.02. The van der Waals surface area contributed by atoms with Gasteiger partial charge in [0, 0.05) is 27.4 Å². The molecule has 2 aromatic carbocycles. The van der Waals surface area contributed by atoms with Gasteiger partial charge in [-0.2, -0.15) is 0 Å². The Balaban J connectivity index is 1.63. The number of amides is 1. The summed E-state index contributed by atoms with van der Waals surface area (Å²) in [6.45, 7) is 1.98. The van der Waals surface area contributed by atoms with Gasteiger partial charge in [0.1, 0.15) is 10.1 Å². The van der Waals surface area contributed by atoms with Crippen molar-refractivity contribution in [3.63, 3.8) is 0 Å². The Labute approximate surface area is 158 Å². The van der Waals surface area contributed by atoms with Gasteiger partial charge in [0.2, 0.25) is 0 Å². The number of carbonyl (C=O) groups excluding carboxylic acids is 1. The van der Waals surface area contributed by atoms with E-state index in [1.165, 1.54) is 12.1 Å². The lowest BCUT2D eigenvalue weighted by molar-refractivity contribution is 0.102. The van der Waals surface area contributed by atoms with Crippen molar-refractivity contribution in [2.45, 2.75) is 17.0 Å². The third-order valence-electron chi connectivity index (χ3n) is 3.38. The molecule has 1 heterocycles. The molecule has 7 heteroatoms. The van der Waals surface area contributed by atoms with Gasteiger partial charge in [0.05, 0.1) is 5.69 Å². The number of nitrogens with zero attached hydrogens (tertiary/aromatic N) is 1. The number of nitrogens with one attached hydrogen (secondary N) is 1. The largest absolute Gasteiger partial charge is 0.506 e. The Morgan fingerprint density at radius 1 is 1.28 bits per heavy atom. The number of aromatic nitrogens is 1. The van der Waals surface area contributed by atoms with E-state index in [2.05, 4.69) is 10.3 Å². The number of hydrogen-bond donors (Lipinski definition) is 2. The molecule has 4 nitrogen and oxygen atoms in total. The summed E-state index contributed by atoms with van der Waals surface area (Å²) in [5, 5.41) is 14.9. The van der Waals surface area contributed by atoms with Crippen molar-refractivity contribution in [2.24, 2.45) is 0 Å². The number of phenolic OH excluding ortho intramolecular Hbond substituents is 1. The maximum Gasteiger partial charge on any atom is 0.255 e. The Kier molecular flexibility index (Phi) is 5.63. The third-order valence-corrected chi connectivity index (χ3v) is 5.83. The van der Waals surface area contributed by atoms with Crippen molar-refractivity contribution in [1.82, 2.24) is 4.98 Å². The second-order valence-electron chi connectivity index (χ2n) is 5.36. The molecule has 0 aliphatic rings. The van der Waals surface area contributed by atoms with Crippen LogP contribution in [-0.2, 0) is 5.75 Å². The molecule has 0 radical (unpaired) electrons. The fourth-order valence-electron chi connectivity index (χ4n) is 2.10. The predicted molar refractivity (Wildman–Crippen MR) is 104 cm³/mol. The van der Waals surface area contributed by atoms with Crippen molar-refractivity contribution < 1.29 is 9.90 Å². The van der Waals surface area contributed by atoms with E-state index >= 15 is 0 Å². The quantitative estimate of drug-likeness (QED) is 0.455. The molecular formula is C18H15ClN2O2S2. The van der Waals surface area contributed by atoms with Crippen LogP contribution in [0.15, 0.2) is 52.2 Å². The monoisotopic (exact) mass is 390 g/mol. The molecule has 0 bridgehead atoms. The van der Waals surface area contributed by atoms with Gasteiger partial charge in [-0.3, -0.25) is 4.79 Å². The van der Waals surface area contributed by atoms with Gasteiger partial charge in [0.15, 0.2) is 0 Å². The van der Waals surface area contributed by atoms with Crippen LogP contribution in [-0.4, -0.2) is 16.0 Å². The molecule has 0 saturated carbocycles. The number of benzene rings is 2. The summed E-state index contributed by atoms with van der Waals surface area (Å²) >= 11 is 9.19. The van der Waals surface area contributed by atoms with Crippen molar-refractivity contribution in [3.05, 3.63) is 69.7 Å². The minimum absolute atomic E-state index is 0.0236. The highest BCUT2D eigenvalue weighted by atomic mass is 35.5. The molecule has 0 fully saturated rings. The van der Waals surface area contributed by atoms with E-state index in [1.807, 2.05) is 24.4 Å². The summed E-state index contributed by atoms with van der Waals surface area (Å²) in [6, 6.07) is 11.9. The molecule has 0 unspecified atom stereocenters. The summed E-state index contributed by atoms with van der Waals surface area (Å²) in [5.41, 5.74) is 2.94. The molecule has 128 valence electrons. The number of carbonyl (C=O) groups is 1. The normalized spacial score (nSPS) is 10.6. The predicted octanol–water partition coefficient (Wildman–Crippen LogP) is 5.36. The van der Waals surface area contributed by atoms with Crippen LogP contribution in [0.25, 0.3) is 0 Å². The van der Waals surface area contributed by atoms with Crippen LogP contribution in [0.5, 0.6) is 5.75 Å². The molecule has 0 saturated heterocycles. The summed E-state index contributed by atoms with van der Waals surface area (Å²) in [5.74, 6) is 0.473. The van der Waals surface area contributed by atoms with Crippen molar-refractivity contribution in [3.8, 4) is 5.75 Å². The highest BCUT2D eigenvalue weighted by molar-refractivity contribution is 8.00.